The maximum atomic E-state index is 11.3. The Morgan fingerprint density at radius 1 is 1.17 bits per heavy atom. The molecule has 0 atom stereocenters. The van der Waals surface area contributed by atoms with E-state index in [2.05, 4.69) is 10.1 Å². The molecule has 1 aromatic rings. The summed E-state index contributed by atoms with van der Waals surface area (Å²) in [5, 5.41) is 21.8. The van der Waals surface area contributed by atoms with Crippen LogP contribution >= 0.6 is 0 Å². The Hall–Kier alpha value is -3.16. The minimum absolute atomic E-state index is 0.104. The third-order valence-electron chi connectivity index (χ3n) is 3.29. The molecule has 2 N–H and O–H groups in total. The standard InChI is InChI=1S/C10H13NO4.C6H5NO2/c1-5-7(9(12)13)4-8(6(2)11-5)10(14)15-3;8-7(9)6-4-2-1-3-5-6/h11H,4H2,1-3H3,(H,12,13);1-5H. The van der Waals surface area contributed by atoms with Crippen molar-refractivity contribution in [2.75, 3.05) is 7.11 Å². The molecule has 24 heavy (non-hydrogen) atoms. The first-order chi connectivity index (χ1) is 11.3. The third kappa shape index (κ3) is 4.94. The quantitative estimate of drug-likeness (QED) is 0.495. The van der Waals surface area contributed by atoms with Gasteiger partial charge in [-0.3, -0.25) is 10.1 Å². The van der Waals surface area contributed by atoms with Crippen molar-refractivity contribution in [2.24, 2.45) is 0 Å². The van der Waals surface area contributed by atoms with Crippen LogP contribution in [0.15, 0.2) is 52.9 Å². The fourth-order valence-electron chi connectivity index (χ4n) is 2.01. The Balaban J connectivity index is 0.000000272. The van der Waals surface area contributed by atoms with Crippen molar-refractivity contribution < 1.29 is 24.4 Å². The van der Waals surface area contributed by atoms with Crippen LogP contribution in [0.1, 0.15) is 20.3 Å². The molecule has 0 saturated heterocycles. The van der Waals surface area contributed by atoms with Gasteiger partial charge in [-0.1, -0.05) is 18.2 Å². The lowest BCUT2D eigenvalue weighted by Crippen LogP contribution is -2.25. The van der Waals surface area contributed by atoms with Gasteiger partial charge in [0.15, 0.2) is 0 Å². The maximum Gasteiger partial charge on any atom is 0.335 e. The highest BCUT2D eigenvalue weighted by Gasteiger charge is 2.24. The molecule has 0 aromatic heterocycles. The summed E-state index contributed by atoms with van der Waals surface area (Å²) in [5.41, 5.74) is 1.90. The third-order valence-corrected chi connectivity index (χ3v) is 3.29. The summed E-state index contributed by atoms with van der Waals surface area (Å²) in [6.45, 7) is 3.38. The van der Waals surface area contributed by atoms with Gasteiger partial charge in [-0.25, -0.2) is 9.59 Å². The molecule has 0 aliphatic carbocycles. The first-order valence-corrected chi connectivity index (χ1v) is 6.95. The molecule has 8 nitrogen and oxygen atoms in total. The van der Waals surface area contributed by atoms with Crippen LogP contribution in [-0.4, -0.2) is 29.1 Å². The molecule has 0 spiro atoms. The van der Waals surface area contributed by atoms with Gasteiger partial charge in [-0.05, 0) is 13.8 Å². The number of methoxy groups -OCH3 is 1. The number of benzene rings is 1. The van der Waals surface area contributed by atoms with Gasteiger partial charge in [0, 0.05) is 29.9 Å². The molecule has 0 unspecified atom stereocenters. The number of aliphatic carboxylic acids is 1. The van der Waals surface area contributed by atoms with E-state index in [1.54, 1.807) is 32.0 Å². The predicted molar refractivity (Wildman–Crippen MR) is 85.9 cm³/mol. The van der Waals surface area contributed by atoms with Crippen molar-refractivity contribution in [3.8, 4) is 0 Å². The van der Waals surface area contributed by atoms with Crippen molar-refractivity contribution in [3.05, 3.63) is 63.0 Å². The number of nitro benzene ring substituents is 1. The molecular formula is C16H18N2O6. The number of dihydropyridines is 1. The maximum absolute atomic E-state index is 11.3. The summed E-state index contributed by atoms with van der Waals surface area (Å²) < 4.78 is 4.57. The number of carbonyl (C=O) groups excluding carboxylic acids is 1. The van der Waals surface area contributed by atoms with E-state index in [1.165, 1.54) is 19.2 Å². The average Bonchev–Trinajstić information content (AvgIpc) is 2.55. The second-order valence-corrected chi connectivity index (χ2v) is 4.90. The minimum atomic E-state index is -1.02. The fraction of sp³-hybridized carbons (Fsp3) is 0.250. The van der Waals surface area contributed by atoms with Crippen LogP contribution in [0.4, 0.5) is 5.69 Å². The summed E-state index contributed by atoms with van der Waals surface area (Å²) in [7, 11) is 1.27. The van der Waals surface area contributed by atoms with Crippen molar-refractivity contribution >= 4 is 17.6 Å². The lowest BCUT2D eigenvalue weighted by atomic mass is 9.98. The van der Waals surface area contributed by atoms with Crippen molar-refractivity contribution in [2.45, 2.75) is 20.3 Å². The molecule has 2 rings (SSSR count). The van der Waals surface area contributed by atoms with E-state index < -0.39 is 16.9 Å². The van der Waals surface area contributed by atoms with E-state index in [0.29, 0.717) is 17.0 Å². The number of hydrogen-bond acceptors (Lipinski definition) is 6. The van der Waals surface area contributed by atoms with Gasteiger partial charge in [0.1, 0.15) is 0 Å². The zero-order valence-corrected chi connectivity index (χ0v) is 13.5. The van der Waals surface area contributed by atoms with E-state index >= 15 is 0 Å². The van der Waals surface area contributed by atoms with Crippen LogP contribution in [0.25, 0.3) is 0 Å². The Morgan fingerprint density at radius 3 is 2.12 bits per heavy atom. The summed E-state index contributed by atoms with van der Waals surface area (Å²) >= 11 is 0. The van der Waals surface area contributed by atoms with Gasteiger partial charge in [-0.2, -0.15) is 0 Å². The lowest BCUT2D eigenvalue weighted by molar-refractivity contribution is -0.384. The zero-order valence-electron chi connectivity index (χ0n) is 13.5. The molecular weight excluding hydrogens is 316 g/mol. The van der Waals surface area contributed by atoms with Crippen LogP contribution < -0.4 is 5.32 Å². The molecule has 128 valence electrons. The number of nitrogens with one attached hydrogen (secondary N) is 1. The molecule has 0 radical (unpaired) electrons. The Bertz CT molecular complexity index is 707. The number of nitro groups is 1. The molecule has 1 aromatic carbocycles. The van der Waals surface area contributed by atoms with Crippen molar-refractivity contribution in [1.82, 2.24) is 5.32 Å². The molecule has 0 fully saturated rings. The Morgan fingerprint density at radius 2 is 1.71 bits per heavy atom. The summed E-state index contributed by atoms with van der Waals surface area (Å²) in [5.74, 6) is -1.51. The second kappa shape index (κ2) is 8.47. The number of non-ortho nitro benzene ring substituents is 1. The highest BCUT2D eigenvalue weighted by molar-refractivity contribution is 5.95. The second-order valence-electron chi connectivity index (χ2n) is 4.90. The number of hydrogen-bond donors (Lipinski definition) is 2. The SMILES string of the molecule is COC(=O)C1=C(C)NC(C)=C(C(=O)O)C1.O=[N+]([O-])c1ccccc1. The molecule has 0 saturated carbocycles. The van der Waals surface area contributed by atoms with E-state index in [-0.39, 0.29) is 17.7 Å². The molecule has 1 aliphatic rings. The molecule has 1 heterocycles. The number of rotatable bonds is 3. The van der Waals surface area contributed by atoms with Crippen LogP contribution in [0.2, 0.25) is 0 Å². The predicted octanol–water partition coefficient (Wildman–Crippen LogP) is 2.38. The highest BCUT2D eigenvalue weighted by Crippen LogP contribution is 2.23. The molecule has 0 amide bonds. The zero-order chi connectivity index (χ0) is 18.3. The summed E-state index contributed by atoms with van der Waals surface area (Å²) in [4.78, 5) is 31.8. The normalized spacial score (nSPS) is 13.5. The first-order valence-electron chi connectivity index (χ1n) is 6.95. The van der Waals surface area contributed by atoms with Crippen LogP contribution in [0.3, 0.4) is 0 Å². The Labute approximate surface area is 138 Å². The molecule has 0 bridgehead atoms. The van der Waals surface area contributed by atoms with Gasteiger partial charge >= 0.3 is 11.9 Å². The highest BCUT2D eigenvalue weighted by atomic mass is 16.6. The molecule has 1 aliphatic heterocycles. The summed E-state index contributed by atoms with van der Waals surface area (Å²) in [6.07, 6.45) is 0.104. The molecule has 8 heteroatoms. The van der Waals surface area contributed by atoms with E-state index in [9.17, 15) is 19.7 Å². The van der Waals surface area contributed by atoms with Gasteiger partial charge in [0.25, 0.3) is 5.69 Å². The van der Waals surface area contributed by atoms with Crippen molar-refractivity contribution in [3.63, 3.8) is 0 Å². The van der Waals surface area contributed by atoms with Crippen LogP contribution in [0, 0.1) is 10.1 Å². The van der Waals surface area contributed by atoms with Crippen LogP contribution in [0.5, 0.6) is 0 Å². The number of allylic oxidation sites excluding steroid dienone is 2. The van der Waals surface area contributed by atoms with Crippen LogP contribution in [-0.2, 0) is 14.3 Å². The fourth-order valence-corrected chi connectivity index (χ4v) is 2.01. The number of nitrogens with zero attached hydrogens (tertiary/aromatic N) is 1. The smallest absolute Gasteiger partial charge is 0.335 e. The van der Waals surface area contributed by atoms with E-state index in [4.69, 9.17) is 5.11 Å². The first kappa shape index (κ1) is 18.9. The van der Waals surface area contributed by atoms with E-state index in [1.807, 2.05) is 0 Å². The lowest BCUT2D eigenvalue weighted by Gasteiger charge is -2.20. The van der Waals surface area contributed by atoms with Gasteiger partial charge in [0.05, 0.1) is 23.2 Å². The minimum Gasteiger partial charge on any atom is -0.478 e. The average molecular weight is 334 g/mol. The number of para-hydroxylation sites is 1. The number of esters is 1. The van der Waals surface area contributed by atoms with Gasteiger partial charge < -0.3 is 15.2 Å². The monoisotopic (exact) mass is 334 g/mol. The summed E-state index contributed by atoms with van der Waals surface area (Å²) in [6, 6.07) is 7.93. The topological polar surface area (TPSA) is 119 Å². The number of carbonyl (C=O) groups is 2. The van der Waals surface area contributed by atoms with Gasteiger partial charge in [-0.15, -0.1) is 0 Å². The number of ether oxygens (including phenoxy) is 1. The number of carboxylic acids is 1. The van der Waals surface area contributed by atoms with Crippen molar-refractivity contribution in [1.29, 1.82) is 0 Å². The Kier molecular flexibility index (Phi) is 6.66. The number of carboxylic acid groups (broad SMARTS) is 1. The van der Waals surface area contributed by atoms with E-state index in [0.717, 1.165) is 0 Å². The largest absolute Gasteiger partial charge is 0.478 e. The van der Waals surface area contributed by atoms with Gasteiger partial charge in [0.2, 0.25) is 0 Å².